The molecule has 2 aliphatic rings. The normalized spacial score (nSPS) is 28.8. The van der Waals surface area contributed by atoms with Crippen LogP contribution in [0, 0.1) is 11.8 Å². The van der Waals surface area contributed by atoms with E-state index in [4.69, 9.17) is 14.4 Å². The first-order valence-corrected chi connectivity index (χ1v) is 10.9. The fraction of sp³-hybridized carbons (Fsp3) is 0.857. The second kappa shape index (κ2) is 11.9. The van der Waals surface area contributed by atoms with E-state index in [9.17, 15) is 9.90 Å². The zero-order chi connectivity index (χ0) is 19.6. The number of fused-ring (bicyclic) bond motifs is 2. The molecule has 1 saturated heterocycles. The molecule has 2 fully saturated rings. The minimum Gasteiger partial charge on any atom is -0.481 e. The van der Waals surface area contributed by atoms with Crippen LogP contribution < -0.4 is 0 Å². The molecule has 0 spiro atoms. The van der Waals surface area contributed by atoms with Crippen LogP contribution in [0.4, 0.5) is 0 Å². The van der Waals surface area contributed by atoms with E-state index in [0.29, 0.717) is 11.8 Å². The molecule has 2 N–H and O–H groups in total. The number of aliphatic hydroxyl groups excluding tert-OH is 1. The molecule has 154 valence electrons. The van der Waals surface area contributed by atoms with E-state index in [-0.39, 0.29) is 31.9 Å². The minimum absolute atomic E-state index is 0.153. The molecule has 2 rings (SSSR count). The molecule has 27 heavy (non-hydrogen) atoms. The highest BCUT2D eigenvalue weighted by molar-refractivity contribution is 6.42. The van der Waals surface area contributed by atoms with Gasteiger partial charge in [-0.3, -0.25) is 4.79 Å². The van der Waals surface area contributed by atoms with E-state index in [2.05, 4.69) is 13.0 Å². The Kier molecular flexibility index (Phi) is 9.87. The zero-order valence-corrected chi connectivity index (χ0v) is 17.0. The van der Waals surface area contributed by atoms with Gasteiger partial charge in [-0.2, -0.15) is 0 Å². The van der Waals surface area contributed by atoms with Crippen LogP contribution in [-0.4, -0.2) is 41.6 Å². The fourth-order valence-corrected chi connectivity index (χ4v) is 4.52. The van der Waals surface area contributed by atoms with Gasteiger partial charge in [0.05, 0.1) is 12.2 Å². The predicted molar refractivity (Wildman–Crippen MR) is 108 cm³/mol. The summed E-state index contributed by atoms with van der Waals surface area (Å²) in [6.45, 7) is 4.14. The van der Waals surface area contributed by atoms with E-state index in [0.717, 1.165) is 57.8 Å². The molecule has 2 bridgehead atoms. The van der Waals surface area contributed by atoms with Gasteiger partial charge in [0.2, 0.25) is 0 Å². The summed E-state index contributed by atoms with van der Waals surface area (Å²) in [4.78, 5) is 10.6. The van der Waals surface area contributed by atoms with Crippen LogP contribution in [0.2, 0.25) is 6.82 Å². The Morgan fingerprint density at radius 2 is 1.89 bits per heavy atom. The summed E-state index contributed by atoms with van der Waals surface area (Å²) in [5.74, 6) is 0.0279. The number of carboxylic acids is 1. The topological polar surface area (TPSA) is 76.0 Å². The summed E-state index contributed by atoms with van der Waals surface area (Å²) >= 11 is 0. The third-order valence-electron chi connectivity index (χ3n) is 5.94. The van der Waals surface area contributed by atoms with Crippen LogP contribution >= 0.6 is 0 Å². The molecule has 1 aliphatic heterocycles. The Morgan fingerprint density at radius 3 is 2.63 bits per heavy atom. The average molecular weight is 380 g/mol. The molecule has 0 amide bonds. The summed E-state index contributed by atoms with van der Waals surface area (Å²) in [7, 11) is -0.153. The maximum Gasteiger partial charge on any atom is 0.453 e. The predicted octanol–water partition coefficient (Wildman–Crippen LogP) is 4.45. The molecule has 5 atom stereocenters. The standard InChI is InChI=1S/C21H37BO5/c1-3-4-7-10-16(23)13-14-18-17(11-8-5-6-9-12-21(24)25)19-15-20(18)27-22(2)26-19/h13-14,16-20,23H,3-12,15H2,1-2H3,(H,24,25)/b14-13+/t16-,17+,18+,19-,20+/m0/s1. The van der Waals surface area contributed by atoms with Crippen LogP contribution in [0.5, 0.6) is 0 Å². The van der Waals surface area contributed by atoms with E-state index >= 15 is 0 Å². The third-order valence-corrected chi connectivity index (χ3v) is 5.94. The van der Waals surface area contributed by atoms with Crippen molar-refractivity contribution < 1.29 is 24.3 Å². The smallest absolute Gasteiger partial charge is 0.453 e. The van der Waals surface area contributed by atoms with Crippen LogP contribution in [0.15, 0.2) is 12.2 Å². The molecule has 6 heteroatoms. The van der Waals surface area contributed by atoms with Crippen molar-refractivity contribution in [3.05, 3.63) is 12.2 Å². The first kappa shape index (κ1) is 22.4. The second-order valence-electron chi connectivity index (χ2n) is 8.19. The number of unbranched alkanes of at least 4 members (excludes halogenated alkanes) is 5. The molecule has 1 saturated carbocycles. The maximum absolute atomic E-state index is 10.6. The van der Waals surface area contributed by atoms with E-state index < -0.39 is 5.97 Å². The molecule has 0 aromatic rings. The van der Waals surface area contributed by atoms with Crippen molar-refractivity contribution in [1.29, 1.82) is 0 Å². The molecular formula is C21H37BO5. The van der Waals surface area contributed by atoms with Gasteiger partial charge in [-0.05, 0) is 38.4 Å². The van der Waals surface area contributed by atoms with Crippen molar-refractivity contribution in [3.8, 4) is 0 Å². The molecule has 0 unspecified atom stereocenters. The van der Waals surface area contributed by atoms with Gasteiger partial charge in [-0.1, -0.05) is 57.6 Å². The van der Waals surface area contributed by atoms with Crippen molar-refractivity contribution in [2.75, 3.05) is 0 Å². The largest absolute Gasteiger partial charge is 0.481 e. The maximum atomic E-state index is 10.6. The van der Waals surface area contributed by atoms with E-state index in [1.165, 1.54) is 6.42 Å². The molecule has 5 nitrogen and oxygen atoms in total. The molecule has 1 heterocycles. The van der Waals surface area contributed by atoms with Gasteiger partial charge >= 0.3 is 13.1 Å². The zero-order valence-electron chi connectivity index (χ0n) is 17.0. The Labute approximate surface area is 164 Å². The van der Waals surface area contributed by atoms with Crippen LogP contribution in [0.25, 0.3) is 0 Å². The van der Waals surface area contributed by atoms with Crippen LogP contribution in [0.3, 0.4) is 0 Å². The Hall–Kier alpha value is -0.845. The van der Waals surface area contributed by atoms with E-state index in [1.807, 2.05) is 12.9 Å². The number of carboxylic acid groups (broad SMARTS) is 1. The number of hydrogen-bond donors (Lipinski definition) is 2. The fourth-order valence-electron chi connectivity index (χ4n) is 4.52. The summed E-state index contributed by atoms with van der Waals surface area (Å²) in [5.41, 5.74) is 0. The number of aliphatic hydroxyl groups is 1. The van der Waals surface area contributed by atoms with Crippen molar-refractivity contribution in [3.63, 3.8) is 0 Å². The highest BCUT2D eigenvalue weighted by Crippen LogP contribution is 2.43. The van der Waals surface area contributed by atoms with Gasteiger partial charge in [0, 0.05) is 18.4 Å². The SMILES string of the molecule is CCCCC[C@H](O)/C=C/[C@@H]1[C@@H](CCCCCCC(=O)O)[C@@H]2C[C@H]1OB(C)O2. The lowest BCUT2D eigenvalue weighted by Gasteiger charge is -2.25. The summed E-state index contributed by atoms with van der Waals surface area (Å²) in [6, 6.07) is 0. The first-order valence-electron chi connectivity index (χ1n) is 10.9. The van der Waals surface area contributed by atoms with Gasteiger partial charge in [0.1, 0.15) is 0 Å². The Bertz CT molecular complexity index is 469. The molecular weight excluding hydrogens is 343 g/mol. The number of hydrogen-bond acceptors (Lipinski definition) is 4. The molecule has 0 aromatic carbocycles. The van der Waals surface area contributed by atoms with Gasteiger partial charge in [0.25, 0.3) is 0 Å². The monoisotopic (exact) mass is 380 g/mol. The van der Waals surface area contributed by atoms with Crippen molar-refractivity contribution in [2.24, 2.45) is 11.8 Å². The van der Waals surface area contributed by atoms with E-state index in [1.54, 1.807) is 0 Å². The van der Waals surface area contributed by atoms with Gasteiger partial charge < -0.3 is 19.5 Å². The highest BCUT2D eigenvalue weighted by Gasteiger charge is 2.48. The number of rotatable bonds is 13. The number of aliphatic carboxylic acids is 1. The minimum atomic E-state index is -0.707. The molecule has 1 aliphatic carbocycles. The first-order chi connectivity index (χ1) is 13.0. The third kappa shape index (κ3) is 7.59. The van der Waals surface area contributed by atoms with Gasteiger partial charge in [0.15, 0.2) is 0 Å². The molecule has 0 aromatic heterocycles. The highest BCUT2D eigenvalue weighted by atomic mass is 16.6. The van der Waals surface area contributed by atoms with Gasteiger partial charge in [-0.15, -0.1) is 0 Å². The molecule has 0 radical (unpaired) electrons. The lowest BCUT2D eigenvalue weighted by Crippen LogP contribution is -2.35. The van der Waals surface area contributed by atoms with Crippen molar-refractivity contribution >= 4 is 13.1 Å². The lowest BCUT2D eigenvalue weighted by molar-refractivity contribution is -0.137. The van der Waals surface area contributed by atoms with Crippen molar-refractivity contribution in [1.82, 2.24) is 0 Å². The summed E-state index contributed by atoms with van der Waals surface area (Å²) < 4.78 is 12.0. The van der Waals surface area contributed by atoms with Crippen molar-refractivity contribution in [2.45, 2.75) is 103 Å². The average Bonchev–Trinajstić information content (AvgIpc) is 2.86. The number of carbonyl (C=O) groups is 1. The van der Waals surface area contributed by atoms with Crippen LogP contribution in [-0.2, 0) is 14.1 Å². The Morgan fingerprint density at radius 1 is 1.15 bits per heavy atom. The van der Waals surface area contributed by atoms with Crippen LogP contribution in [0.1, 0.15) is 77.6 Å². The Balaban J connectivity index is 1.83. The second-order valence-corrected chi connectivity index (χ2v) is 8.19. The van der Waals surface area contributed by atoms with Gasteiger partial charge in [-0.25, -0.2) is 0 Å². The lowest BCUT2D eigenvalue weighted by atomic mass is 9.87. The summed E-state index contributed by atoms with van der Waals surface area (Å²) in [6.07, 6.45) is 14.6. The quantitative estimate of drug-likeness (QED) is 0.281. The summed E-state index contributed by atoms with van der Waals surface area (Å²) in [5, 5.41) is 18.9.